The average molecular weight is 373 g/mol. The molecule has 0 amide bonds. The molecule has 0 aliphatic carbocycles. The Hall–Kier alpha value is -0.780. The number of rotatable bonds is 2. The van der Waals surface area contributed by atoms with E-state index in [0.29, 0.717) is 5.92 Å². The van der Waals surface area contributed by atoms with Crippen molar-refractivity contribution >= 4 is 29.9 Å². The Morgan fingerprint density at radius 1 is 1.32 bits per heavy atom. The van der Waals surface area contributed by atoms with Crippen molar-refractivity contribution in [3.63, 3.8) is 0 Å². The minimum atomic E-state index is 0. The van der Waals surface area contributed by atoms with Crippen LogP contribution in [-0.2, 0) is 0 Å². The van der Waals surface area contributed by atoms with Crippen LogP contribution in [0.3, 0.4) is 0 Å². The maximum Gasteiger partial charge on any atom is 0.196 e. The molecule has 1 atom stereocenters. The van der Waals surface area contributed by atoms with Gasteiger partial charge in [0.15, 0.2) is 5.96 Å². The zero-order chi connectivity index (χ0) is 13.0. The quantitative estimate of drug-likeness (QED) is 0.451. The average Bonchev–Trinajstić information content (AvgIpc) is 2.86. The highest BCUT2D eigenvalue weighted by Gasteiger charge is 2.26. The van der Waals surface area contributed by atoms with Crippen LogP contribution in [0.2, 0.25) is 0 Å². The third kappa shape index (κ3) is 4.09. The van der Waals surface area contributed by atoms with Gasteiger partial charge >= 0.3 is 0 Å². The molecule has 1 aliphatic rings. The first-order chi connectivity index (χ1) is 8.72. The fraction of sp³-hybridized carbons (Fsp3) is 0.533. The number of guanidine groups is 1. The second-order valence-corrected chi connectivity index (χ2v) is 5.01. The summed E-state index contributed by atoms with van der Waals surface area (Å²) in [5.41, 5.74) is 1.45. The fourth-order valence-corrected chi connectivity index (χ4v) is 2.60. The van der Waals surface area contributed by atoms with Crippen molar-refractivity contribution in [2.24, 2.45) is 4.99 Å². The highest BCUT2D eigenvalue weighted by molar-refractivity contribution is 14.0. The van der Waals surface area contributed by atoms with Gasteiger partial charge in [0.05, 0.1) is 0 Å². The van der Waals surface area contributed by atoms with E-state index in [2.05, 4.69) is 66.1 Å². The van der Waals surface area contributed by atoms with Gasteiger partial charge in [0.2, 0.25) is 0 Å². The molecule has 0 saturated carbocycles. The van der Waals surface area contributed by atoms with Crippen LogP contribution in [0, 0.1) is 0 Å². The Bertz CT molecular complexity index is 403. The number of aliphatic imine (C=N–C) groups is 1. The van der Waals surface area contributed by atoms with Crippen LogP contribution in [0.5, 0.6) is 0 Å². The summed E-state index contributed by atoms with van der Waals surface area (Å²) < 4.78 is 0. The molecule has 3 nitrogen and oxygen atoms in total. The standard InChI is InChI=1S/C15H23N3.HI/c1-4-16-15(17(2)3)18-11-10-14(12-18)13-8-6-5-7-9-13;/h5-9,14H,4,10-12H2,1-3H3;1H. The lowest BCUT2D eigenvalue weighted by atomic mass is 9.99. The van der Waals surface area contributed by atoms with E-state index in [1.165, 1.54) is 12.0 Å². The molecule has 106 valence electrons. The molecule has 1 aromatic rings. The third-order valence-electron chi connectivity index (χ3n) is 3.44. The minimum Gasteiger partial charge on any atom is -0.349 e. The van der Waals surface area contributed by atoms with Crippen molar-refractivity contribution in [2.75, 3.05) is 33.7 Å². The molecule has 0 aromatic heterocycles. The monoisotopic (exact) mass is 373 g/mol. The molecule has 0 bridgehead atoms. The van der Waals surface area contributed by atoms with Crippen LogP contribution in [-0.4, -0.2) is 49.5 Å². The number of nitrogens with zero attached hydrogens (tertiary/aromatic N) is 3. The molecular weight excluding hydrogens is 349 g/mol. The van der Waals surface area contributed by atoms with Crippen molar-refractivity contribution < 1.29 is 0 Å². The molecule has 2 rings (SSSR count). The summed E-state index contributed by atoms with van der Waals surface area (Å²) in [5.74, 6) is 1.77. The molecule has 1 unspecified atom stereocenters. The van der Waals surface area contributed by atoms with Gasteiger partial charge in [0.25, 0.3) is 0 Å². The Balaban J connectivity index is 0.00000180. The van der Waals surface area contributed by atoms with E-state index < -0.39 is 0 Å². The van der Waals surface area contributed by atoms with Gasteiger partial charge in [-0.25, -0.2) is 0 Å². The van der Waals surface area contributed by atoms with E-state index >= 15 is 0 Å². The summed E-state index contributed by atoms with van der Waals surface area (Å²) in [7, 11) is 4.15. The van der Waals surface area contributed by atoms with E-state index in [1.54, 1.807) is 0 Å². The molecule has 1 aromatic carbocycles. The van der Waals surface area contributed by atoms with Gasteiger partial charge in [-0.2, -0.15) is 0 Å². The highest BCUT2D eigenvalue weighted by atomic mass is 127. The van der Waals surface area contributed by atoms with E-state index in [-0.39, 0.29) is 24.0 Å². The van der Waals surface area contributed by atoms with Crippen molar-refractivity contribution in [3.8, 4) is 0 Å². The normalized spacial score (nSPS) is 19.2. The van der Waals surface area contributed by atoms with Crippen molar-refractivity contribution in [1.29, 1.82) is 0 Å². The zero-order valence-corrected chi connectivity index (χ0v) is 14.4. The van der Waals surface area contributed by atoms with Crippen LogP contribution in [0.15, 0.2) is 35.3 Å². The van der Waals surface area contributed by atoms with Gasteiger partial charge in [-0.05, 0) is 18.9 Å². The smallest absolute Gasteiger partial charge is 0.196 e. The molecule has 0 N–H and O–H groups in total. The molecule has 1 aliphatic heterocycles. The Morgan fingerprint density at radius 2 is 2.00 bits per heavy atom. The van der Waals surface area contributed by atoms with E-state index in [9.17, 15) is 0 Å². The van der Waals surface area contributed by atoms with Gasteiger partial charge in [-0.15, -0.1) is 24.0 Å². The predicted molar refractivity (Wildman–Crippen MR) is 92.5 cm³/mol. The Morgan fingerprint density at radius 3 is 2.58 bits per heavy atom. The second kappa shape index (κ2) is 7.72. The van der Waals surface area contributed by atoms with Crippen molar-refractivity contribution in [3.05, 3.63) is 35.9 Å². The summed E-state index contributed by atoms with van der Waals surface area (Å²) in [6.07, 6.45) is 1.22. The lowest BCUT2D eigenvalue weighted by Gasteiger charge is -2.26. The fourth-order valence-electron chi connectivity index (χ4n) is 2.60. The first-order valence-corrected chi connectivity index (χ1v) is 6.74. The molecule has 1 heterocycles. The highest BCUT2D eigenvalue weighted by Crippen LogP contribution is 2.27. The molecule has 0 spiro atoms. The van der Waals surface area contributed by atoms with Crippen molar-refractivity contribution in [1.82, 2.24) is 9.80 Å². The van der Waals surface area contributed by atoms with Crippen molar-refractivity contribution in [2.45, 2.75) is 19.3 Å². The van der Waals surface area contributed by atoms with Crippen LogP contribution in [0.25, 0.3) is 0 Å². The van der Waals surface area contributed by atoms with Crippen LogP contribution < -0.4 is 0 Å². The minimum absolute atomic E-state index is 0. The number of benzene rings is 1. The van der Waals surface area contributed by atoms with Crippen LogP contribution in [0.1, 0.15) is 24.8 Å². The summed E-state index contributed by atoms with van der Waals surface area (Å²) in [6.45, 7) is 5.13. The van der Waals surface area contributed by atoms with Crippen LogP contribution >= 0.6 is 24.0 Å². The van der Waals surface area contributed by atoms with Gasteiger partial charge in [0, 0.05) is 39.6 Å². The maximum absolute atomic E-state index is 4.60. The third-order valence-corrected chi connectivity index (χ3v) is 3.44. The van der Waals surface area contributed by atoms with Crippen LogP contribution in [0.4, 0.5) is 0 Å². The maximum atomic E-state index is 4.60. The SMILES string of the molecule is CCN=C(N(C)C)N1CCC(c2ccccc2)C1.I. The molecule has 4 heteroatoms. The van der Waals surface area contributed by atoms with Gasteiger partial charge in [0.1, 0.15) is 0 Å². The van der Waals surface area contributed by atoms with E-state index in [4.69, 9.17) is 0 Å². The van der Waals surface area contributed by atoms with Gasteiger partial charge in [-0.1, -0.05) is 30.3 Å². The lowest BCUT2D eigenvalue weighted by molar-refractivity contribution is 0.424. The molecule has 1 saturated heterocycles. The molecule has 1 fully saturated rings. The zero-order valence-electron chi connectivity index (χ0n) is 12.0. The molecule has 19 heavy (non-hydrogen) atoms. The number of halogens is 1. The van der Waals surface area contributed by atoms with E-state index in [0.717, 1.165) is 25.6 Å². The second-order valence-electron chi connectivity index (χ2n) is 5.01. The molecular formula is C15H24IN3. The first kappa shape index (κ1) is 16.3. The largest absolute Gasteiger partial charge is 0.349 e. The summed E-state index contributed by atoms with van der Waals surface area (Å²) >= 11 is 0. The van der Waals surface area contributed by atoms with Gasteiger partial charge in [-0.3, -0.25) is 4.99 Å². The number of likely N-dealkylation sites (tertiary alicyclic amines) is 1. The predicted octanol–water partition coefficient (Wildman–Crippen LogP) is 3.03. The summed E-state index contributed by atoms with van der Waals surface area (Å²) in [4.78, 5) is 9.13. The molecule has 0 radical (unpaired) electrons. The summed E-state index contributed by atoms with van der Waals surface area (Å²) in [5, 5.41) is 0. The summed E-state index contributed by atoms with van der Waals surface area (Å²) in [6, 6.07) is 10.8. The van der Waals surface area contributed by atoms with E-state index in [1.807, 2.05) is 0 Å². The number of hydrogen-bond acceptors (Lipinski definition) is 1. The number of hydrogen-bond donors (Lipinski definition) is 0. The Kier molecular flexibility index (Phi) is 6.62. The van der Waals surface area contributed by atoms with Gasteiger partial charge < -0.3 is 9.80 Å². The first-order valence-electron chi connectivity index (χ1n) is 6.74. The Labute approximate surface area is 133 Å². The lowest BCUT2D eigenvalue weighted by Crippen LogP contribution is -2.39. The topological polar surface area (TPSA) is 18.8 Å².